The molecule has 27 heavy (non-hydrogen) atoms. The third-order valence-electron chi connectivity index (χ3n) is 4.26. The van der Waals surface area contributed by atoms with Gasteiger partial charge in [-0.25, -0.2) is 0 Å². The Morgan fingerprint density at radius 2 is 1.89 bits per heavy atom. The Hall–Kier alpha value is -2.70. The van der Waals surface area contributed by atoms with Gasteiger partial charge in [-0.1, -0.05) is 50.2 Å². The quantitative estimate of drug-likeness (QED) is 0.735. The molecule has 0 aliphatic rings. The van der Waals surface area contributed by atoms with E-state index in [0.29, 0.717) is 24.6 Å². The first-order valence-corrected chi connectivity index (χ1v) is 9.06. The fourth-order valence-electron chi connectivity index (χ4n) is 2.75. The molecule has 2 N–H and O–H groups in total. The monoisotopic (exact) mass is 373 g/mol. The van der Waals surface area contributed by atoms with E-state index < -0.39 is 12.0 Å². The Morgan fingerprint density at radius 3 is 2.41 bits per heavy atom. The molecule has 2 rings (SSSR count). The Kier molecular flexibility index (Phi) is 6.71. The van der Waals surface area contributed by atoms with Gasteiger partial charge in [0.15, 0.2) is 5.82 Å². The number of hydrogen-bond acceptors (Lipinski definition) is 5. The van der Waals surface area contributed by atoms with Crippen LogP contribution in [0.4, 0.5) is 0 Å². The minimum absolute atomic E-state index is 0.0111. The summed E-state index contributed by atoms with van der Waals surface area (Å²) in [6.45, 7) is 8.08. The zero-order valence-electron chi connectivity index (χ0n) is 16.3. The van der Waals surface area contributed by atoms with E-state index in [0.717, 1.165) is 11.1 Å². The molecule has 1 amide bonds. The molecule has 2 aromatic rings. The van der Waals surface area contributed by atoms with E-state index >= 15 is 0 Å². The van der Waals surface area contributed by atoms with E-state index in [9.17, 15) is 14.7 Å². The number of aliphatic carboxylic acids is 1. The highest BCUT2D eigenvalue weighted by Crippen LogP contribution is 2.25. The van der Waals surface area contributed by atoms with Crippen LogP contribution in [0.1, 0.15) is 68.9 Å². The Labute approximate surface area is 159 Å². The van der Waals surface area contributed by atoms with Crippen LogP contribution in [0.25, 0.3) is 0 Å². The number of aromatic nitrogens is 2. The normalized spacial score (nSPS) is 12.6. The van der Waals surface area contributed by atoms with Crippen molar-refractivity contribution >= 4 is 11.9 Å². The first-order valence-electron chi connectivity index (χ1n) is 9.06. The fourth-order valence-corrected chi connectivity index (χ4v) is 2.75. The topological polar surface area (TPSA) is 105 Å². The van der Waals surface area contributed by atoms with Crippen molar-refractivity contribution in [3.63, 3.8) is 0 Å². The molecule has 7 nitrogen and oxygen atoms in total. The van der Waals surface area contributed by atoms with Crippen molar-refractivity contribution in [3.05, 3.63) is 47.1 Å². The number of hydrogen-bond donors (Lipinski definition) is 2. The number of nitrogens with zero attached hydrogens (tertiary/aromatic N) is 2. The van der Waals surface area contributed by atoms with Gasteiger partial charge in [0.2, 0.25) is 11.8 Å². The van der Waals surface area contributed by atoms with Gasteiger partial charge in [0.1, 0.15) is 0 Å². The van der Waals surface area contributed by atoms with E-state index in [1.54, 1.807) is 6.92 Å². The first kappa shape index (κ1) is 20.6. The zero-order valence-corrected chi connectivity index (χ0v) is 16.3. The lowest BCUT2D eigenvalue weighted by Crippen LogP contribution is -2.30. The van der Waals surface area contributed by atoms with Crippen LogP contribution in [-0.4, -0.2) is 27.1 Å². The highest BCUT2D eigenvalue weighted by molar-refractivity contribution is 5.77. The van der Waals surface area contributed by atoms with E-state index in [1.165, 1.54) is 0 Å². The largest absolute Gasteiger partial charge is 0.481 e. The molecule has 0 saturated carbocycles. The standard InChI is InChI=1S/C20H27N3O4/c1-13-21-18(27-23-13)7-5-6-17(24)22-16(12-19(25)26)14-8-10-15(11-9-14)20(2,3)4/h8-11,16H,5-7,12H2,1-4H3,(H,22,24)(H,25,26). The predicted molar refractivity (Wildman–Crippen MR) is 100 cm³/mol. The van der Waals surface area contributed by atoms with Crippen molar-refractivity contribution in [3.8, 4) is 0 Å². The van der Waals surface area contributed by atoms with Crippen LogP contribution in [-0.2, 0) is 21.4 Å². The van der Waals surface area contributed by atoms with E-state index in [2.05, 4.69) is 36.2 Å². The van der Waals surface area contributed by atoms with Gasteiger partial charge in [0.05, 0.1) is 12.5 Å². The summed E-state index contributed by atoms with van der Waals surface area (Å²) in [4.78, 5) is 27.6. The molecule has 0 saturated heterocycles. The highest BCUT2D eigenvalue weighted by atomic mass is 16.5. The molecule has 0 fully saturated rings. The van der Waals surface area contributed by atoms with Crippen LogP contribution in [0.15, 0.2) is 28.8 Å². The number of rotatable bonds is 8. The maximum atomic E-state index is 12.3. The molecule has 0 radical (unpaired) electrons. The van der Waals surface area contributed by atoms with Crippen molar-refractivity contribution in [2.75, 3.05) is 0 Å². The molecule has 0 spiro atoms. The summed E-state index contributed by atoms with van der Waals surface area (Å²) in [6.07, 6.45) is 1.16. The van der Waals surface area contributed by atoms with Crippen LogP contribution >= 0.6 is 0 Å². The maximum Gasteiger partial charge on any atom is 0.305 e. The number of benzene rings is 1. The van der Waals surface area contributed by atoms with E-state index in [4.69, 9.17) is 4.52 Å². The molecular weight excluding hydrogens is 346 g/mol. The minimum Gasteiger partial charge on any atom is -0.481 e. The average molecular weight is 373 g/mol. The van der Waals surface area contributed by atoms with Gasteiger partial charge in [-0.2, -0.15) is 4.98 Å². The van der Waals surface area contributed by atoms with Crippen LogP contribution in [0.2, 0.25) is 0 Å². The Bertz CT molecular complexity index is 775. The third-order valence-corrected chi connectivity index (χ3v) is 4.26. The molecule has 7 heteroatoms. The van der Waals surface area contributed by atoms with Crippen molar-refractivity contribution in [2.45, 2.75) is 64.8 Å². The molecule has 1 aromatic heterocycles. The SMILES string of the molecule is Cc1noc(CCCC(=O)NC(CC(=O)O)c2ccc(C(C)(C)C)cc2)n1. The molecule has 0 aliphatic carbocycles. The molecule has 0 aliphatic heterocycles. The highest BCUT2D eigenvalue weighted by Gasteiger charge is 2.20. The first-order chi connectivity index (χ1) is 12.6. The number of carbonyl (C=O) groups excluding carboxylic acids is 1. The Morgan fingerprint density at radius 1 is 1.22 bits per heavy atom. The predicted octanol–water partition coefficient (Wildman–Crippen LogP) is 3.33. The van der Waals surface area contributed by atoms with Crippen LogP contribution < -0.4 is 5.32 Å². The fraction of sp³-hybridized carbons (Fsp3) is 0.500. The molecular formula is C20H27N3O4. The number of amides is 1. The van der Waals surface area contributed by atoms with Gasteiger partial charge < -0.3 is 14.9 Å². The van der Waals surface area contributed by atoms with Crippen molar-refractivity contribution < 1.29 is 19.2 Å². The minimum atomic E-state index is -0.957. The molecule has 1 aromatic carbocycles. The summed E-state index contributed by atoms with van der Waals surface area (Å²) in [5.74, 6) is -0.0891. The van der Waals surface area contributed by atoms with Crippen molar-refractivity contribution in [2.24, 2.45) is 0 Å². The summed E-state index contributed by atoms with van der Waals surface area (Å²) < 4.78 is 5.02. The van der Waals surface area contributed by atoms with Gasteiger partial charge in [-0.05, 0) is 29.9 Å². The van der Waals surface area contributed by atoms with Crippen LogP contribution in [0, 0.1) is 6.92 Å². The third kappa shape index (κ3) is 6.51. The van der Waals surface area contributed by atoms with E-state index in [1.807, 2.05) is 24.3 Å². The number of nitrogens with one attached hydrogen (secondary N) is 1. The second-order valence-electron chi connectivity index (χ2n) is 7.68. The maximum absolute atomic E-state index is 12.3. The van der Waals surface area contributed by atoms with Gasteiger partial charge in [-0.15, -0.1) is 0 Å². The smallest absolute Gasteiger partial charge is 0.305 e. The summed E-state index contributed by atoms with van der Waals surface area (Å²) in [5.41, 5.74) is 1.95. The lowest BCUT2D eigenvalue weighted by atomic mass is 9.86. The van der Waals surface area contributed by atoms with Crippen molar-refractivity contribution in [1.29, 1.82) is 0 Å². The molecule has 1 atom stereocenters. The molecule has 146 valence electrons. The lowest BCUT2D eigenvalue weighted by molar-refractivity contribution is -0.137. The summed E-state index contributed by atoms with van der Waals surface area (Å²) >= 11 is 0. The summed E-state index contributed by atoms with van der Waals surface area (Å²) in [5, 5.41) is 15.7. The second kappa shape index (κ2) is 8.79. The molecule has 1 unspecified atom stereocenters. The summed E-state index contributed by atoms with van der Waals surface area (Å²) in [7, 11) is 0. The second-order valence-corrected chi connectivity index (χ2v) is 7.68. The molecule has 0 bridgehead atoms. The lowest BCUT2D eigenvalue weighted by Gasteiger charge is -2.22. The number of carboxylic acid groups (broad SMARTS) is 1. The average Bonchev–Trinajstić information content (AvgIpc) is 2.98. The number of carboxylic acids is 1. The Balaban J connectivity index is 1.96. The number of carbonyl (C=O) groups is 2. The van der Waals surface area contributed by atoms with Crippen LogP contribution in [0.5, 0.6) is 0 Å². The van der Waals surface area contributed by atoms with Crippen molar-refractivity contribution in [1.82, 2.24) is 15.5 Å². The zero-order chi connectivity index (χ0) is 20.0. The summed E-state index contributed by atoms with van der Waals surface area (Å²) in [6, 6.07) is 7.17. The van der Waals surface area contributed by atoms with E-state index in [-0.39, 0.29) is 24.2 Å². The van der Waals surface area contributed by atoms with Gasteiger partial charge in [0, 0.05) is 12.8 Å². The van der Waals surface area contributed by atoms with Gasteiger partial charge in [0.25, 0.3) is 0 Å². The molecule has 1 heterocycles. The van der Waals surface area contributed by atoms with Crippen LogP contribution in [0.3, 0.4) is 0 Å². The van der Waals surface area contributed by atoms with Gasteiger partial charge >= 0.3 is 5.97 Å². The number of aryl methyl sites for hydroxylation is 2. The van der Waals surface area contributed by atoms with Gasteiger partial charge in [-0.3, -0.25) is 9.59 Å².